The maximum absolute atomic E-state index is 11.3. The van der Waals surface area contributed by atoms with Crippen LogP contribution < -0.4 is 20.1 Å². The number of primary amides is 1. The Bertz CT molecular complexity index is 476. The highest BCUT2D eigenvalue weighted by atomic mass is 16.5. The second-order valence-corrected chi connectivity index (χ2v) is 5.31. The monoisotopic (exact) mass is 279 g/mol. The van der Waals surface area contributed by atoms with E-state index in [2.05, 4.69) is 0 Å². The molecule has 3 N–H and O–H groups in total. The molecule has 1 saturated heterocycles. The van der Waals surface area contributed by atoms with Crippen molar-refractivity contribution in [3.05, 3.63) is 23.8 Å². The topological polar surface area (TPSA) is 66.0 Å². The Morgan fingerprint density at radius 1 is 1.35 bits per heavy atom. The standard InChI is InChI=1S/C15H22N2O3/c1-19-13-6-5-11(8-14(13)20-2)9-17-7-3-4-12(10-17)15(16)18/h5-6,8,12H,3-4,7,9-10H2,1-2H3,(H2,16,18)/p+1/t12-/m1/s1. The lowest BCUT2D eigenvalue weighted by Gasteiger charge is -2.28. The van der Waals surface area contributed by atoms with E-state index in [0.29, 0.717) is 0 Å². The first-order chi connectivity index (χ1) is 9.63. The lowest BCUT2D eigenvalue weighted by atomic mass is 9.97. The zero-order chi connectivity index (χ0) is 14.5. The number of likely N-dealkylation sites (tertiary alicyclic amines) is 1. The average molecular weight is 279 g/mol. The zero-order valence-electron chi connectivity index (χ0n) is 12.1. The number of rotatable bonds is 5. The molecule has 1 aromatic rings. The SMILES string of the molecule is COc1ccc(C[NH+]2CCC[C@@H](C(N)=O)C2)cc1OC. The summed E-state index contributed by atoms with van der Waals surface area (Å²) in [6.45, 7) is 2.78. The van der Waals surface area contributed by atoms with Crippen molar-refractivity contribution in [1.82, 2.24) is 0 Å². The van der Waals surface area contributed by atoms with E-state index >= 15 is 0 Å². The summed E-state index contributed by atoms with van der Waals surface area (Å²) in [6.07, 6.45) is 1.97. The molecule has 0 spiro atoms. The Kier molecular flexibility index (Phi) is 4.84. The van der Waals surface area contributed by atoms with Crippen LogP contribution in [0.5, 0.6) is 11.5 Å². The van der Waals surface area contributed by atoms with Crippen molar-refractivity contribution < 1.29 is 19.2 Å². The van der Waals surface area contributed by atoms with Gasteiger partial charge in [0.2, 0.25) is 5.91 Å². The fourth-order valence-electron chi connectivity index (χ4n) is 2.83. The summed E-state index contributed by atoms with van der Waals surface area (Å²) in [5.41, 5.74) is 6.60. The molecular weight excluding hydrogens is 256 g/mol. The van der Waals surface area contributed by atoms with E-state index in [0.717, 1.165) is 44.0 Å². The van der Waals surface area contributed by atoms with Gasteiger partial charge in [0.15, 0.2) is 11.5 Å². The number of nitrogens with two attached hydrogens (primary N) is 1. The second-order valence-electron chi connectivity index (χ2n) is 5.31. The quantitative estimate of drug-likeness (QED) is 0.796. The van der Waals surface area contributed by atoms with Crippen molar-refractivity contribution in [2.45, 2.75) is 19.4 Å². The number of ether oxygens (including phenoxy) is 2. The van der Waals surface area contributed by atoms with Crippen molar-refractivity contribution in [1.29, 1.82) is 0 Å². The molecule has 0 radical (unpaired) electrons. The third kappa shape index (κ3) is 3.42. The number of carbonyl (C=O) groups excluding carboxylic acids is 1. The Morgan fingerprint density at radius 3 is 2.75 bits per heavy atom. The van der Waals surface area contributed by atoms with Crippen LogP contribution in [0.3, 0.4) is 0 Å². The summed E-state index contributed by atoms with van der Waals surface area (Å²) >= 11 is 0. The summed E-state index contributed by atoms with van der Waals surface area (Å²) in [6, 6.07) is 5.96. The summed E-state index contributed by atoms with van der Waals surface area (Å²) < 4.78 is 10.6. The van der Waals surface area contributed by atoms with Crippen LogP contribution in [-0.4, -0.2) is 33.2 Å². The number of carbonyl (C=O) groups is 1. The van der Waals surface area contributed by atoms with Crippen molar-refractivity contribution in [2.75, 3.05) is 27.3 Å². The average Bonchev–Trinajstić information content (AvgIpc) is 2.47. The smallest absolute Gasteiger partial charge is 0.226 e. The maximum Gasteiger partial charge on any atom is 0.226 e. The molecule has 0 aromatic heterocycles. The van der Waals surface area contributed by atoms with Gasteiger partial charge in [0.05, 0.1) is 33.2 Å². The molecule has 110 valence electrons. The van der Waals surface area contributed by atoms with Crippen LogP contribution in [0.1, 0.15) is 18.4 Å². The van der Waals surface area contributed by atoms with E-state index < -0.39 is 0 Å². The minimum absolute atomic E-state index is 0.0129. The minimum Gasteiger partial charge on any atom is -0.493 e. The lowest BCUT2D eigenvalue weighted by molar-refractivity contribution is -0.921. The number of quaternary nitrogens is 1. The van der Waals surface area contributed by atoms with E-state index in [4.69, 9.17) is 15.2 Å². The molecule has 1 heterocycles. The van der Waals surface area contributed by atoms with Crippen LogP contribution in [0.2, 0.25) is 0 Å². The van der Waals surface area contributed by atoms with Crippen molar-refractivity contribution >= 4 is 5.91 Å². The van der Waals surface area contributed by atoms with Crippen LogP contribution in [-0.2, 0) is 11.3 Å². The molecule has 5 nitrogen and oxygen atoms in total. The molecule has 0 bridgehead atoms. The number of piperidine rings is 1. The lowest BCUT2D eigenvalue weighted by Crippen LogP contribution is -3.12. The first-order valence-electron chi connectivity index (χ1n) is 6.97. The van der Waals surface area contributed by atoms with Crippen LogP contribution >= 0.6 is 0 Å². The first-order valence-corrected chi connectivity index (χ1v) is 6.97. The van der Waals surface area contributed by atoms with Gasteiger partial charge in [-0.05, 0) is 31.0 Å². The fraction of sp³-hybridized carbons (Fsp3) is 0.533. The molecule has 2 atom stereocenters. The zero-order valence-corrected chi connectivity index (χ0v) is 12.1. The van der Waals surface area contributed by atoms with Crippen LogP contribution in [0.25, 0.3) is 0 Å². The van der Waals surface area contributed by atoms with E-state index in [9.17, 15) is 4.79 Å². The molecule has 5 heteroatoms. The van der Waals surface area contributed by atoms with Gasteiger partial charge in [0.25, 0.3) is 0 Å². The van der Waals surface area contributed by atoms with Gasteiger partial charge in [-0.15, -0.1) is 0 Å². The second kappa shape index (κ2) is 6.61. The number of hydrogen-bond acceptors (Lipinski definition) is 3. The van der Waals surface area contributed by atoms with Crippen LogP contribution in [0.4, 0.5) is 0 Å². The van der Waals surface area contributed by atoms with Gasteiger partial charge in [0.1, 0.15) is 6.54 Å². The molecule has 1 aliphatic rings. The summed E-state index contributed by atoms with van der Waals surface area (Å²) in [5.74, 6) is 1.32. The first kappa shape index (κ1) is 14.7. The van der Waals surface area contributed by atoms with Crippen molar-refractivity contribution in [3.8, 4) is 11.5 Å². The summed E-state index contributed by atoms with van der Waals surface area (Å²) in [4.78, 5) is 12.7. The largest absolute Gasteiger partial charge is 0.493 e. The summed E-state index contributed by atoms with van der Waals surface area (Å²) in [5, 5.41) is 0. The molecule has 1 unspecified atom stereocenters. The number of hydrogen-bond donors (Lipinski definition) is 2. The van der Waals surface area contributed by atoms with Gasteiger partial charge in [-0.25, -0.2) is 0 Å². The predicted octanol–water partition coefficient (Wildman–Crippen LogP) is -0.0160. The number of methoxy groups -OCH3 is 2. The molecule has 20 heavy (non-hydrogen) atoms. The Morgan fingerprint density at radius 2 is 2.10 bits per heavy atom. The van der Waals surface area contributed by atoms with E-state index in [1.54, 1.807) is 14.2 Å². The van der Waals surface area contributed by atoms with Gasteiger partial charge >= 0.3 is 0 Å². The third-order valence-electron chi connectivity index (χ3n) is 3.92. The van der Waals surface area contributed by atoms with Gasteiger partial charge in [-0.2, -0.15) is 0 Å². The third-order valence-corrected chi connectivity index (χ3v) is 3.92. The number of benzene rings is 1. The molecule has 1 fully saturated rings. The van der Waals surface area contributed by atoms with E-state index in [-0.39, 0.29) is 11.8 Å². The highest BCUT2D eigenvalue weighted by molar-refractivity contribution is 5.76. The minimum atomic E-state index is -0.172. The van der Waals surface area contributed by atoms with E-state index in [1.807, 2.05) is 18.2 Å². The molecule has 2 rings (SSSR count). The summed E-state index contributed by atoms with van der Waals surface area (Å²) in [7, 11) is 3.27. The fourth-order valence-corrected chi connectivity index (χ4v) is 2.83. The van der Waals surface area contributed by atoms with Gasteiger partial charge < -0.3 is 20.1 Å². The highest BCUT2D eigenvalue weighted by Gasteiger charge is 2.27. The van der Waals surface area contributed by atoms with Crippen molar-refractivity contribution in [2.24, 2.45) is 11.7 Å². The van der Waals surface area contributed by atoms with Gasteiger partial charge in [0, 0.05) is 5.56 Å². The van der Waals surface area contributed by atoms with Gasteiger partial charge in [-0.1, -0.05) is 0 Å². The maximum atomic E-state index is 11.3. The highest BCUT2D eigenvalue weighted by Crippen LogP contribution is 2.27. The number of nitrogens with one attached hydrogen (secondary N) is 1. The molecule has 1 aromatic carbocycles. The molecule has 0 aliphatic carbocycles. The normalized spacial score (nSPS) is 22.3. The Labute approximate surface area is 119 Å². The number of amides is 1. The molecule has 1 amide bonds. The molecule has 1 aliphatic heterocycles. The van der Waals surface area contributed by atoms with Crippen LogP contribution in [0, 0.1) is 5.92 Å². The Balaban J connectivity index is 2.04. The van der Waals surface area contributed by atoms with Crippen molar-refractivity contribution in [3.63, 3.8) is 0 Å². The Hall–Kier alpha value is -1.75. The van der Waals surface area contributed by atoms with Gasteiger partial charge in [-0.3, -0.25) is 4.79 Å². The van der Waals surface area contributed by atoms with E-state index in [1.165, 1.54) is 10.5 Å². The molecular formula is C15H23N2O3+. The van der Waals surface area contributed by atoms with Crippen LogP contribution in [0.15, 0.2) is 18.2 Å². The predicted molar refractivity (Wildman–Crippen MR) is 75.9 cm³/mol. The molecule has 0 saturated carbocycles.